The Balaban J connectivity index is 2.00. The summed E-state index contributed by atoms with van der Waals surface area (Å²) in [7, 11) is 0. The number of nitrogens with one attached hydrogen (secondary N) is 1. The molecule has 0 bridgehead atoms. The summed E-state index contributed by atoms with van der Waals surface area (Å²) in [5, 5.41) is 10.4. The molecule has 1 aliphatic heterocycles. The monoisotopic (exact) mass is 316 g/mol. The highest BCUT2D eigenvalue weighted by Crippen LogP contribution is 2.22. The summed E-state index contributed by atoms with van der Waals surface area (Å²) >= 11 is 0. The van der Waals surface area contributed by atoms with Crippen LogP contribution in [0.15, 0.2) is 27.4 Å². The molecule has 0 aliphatic carbocycles. The number of aliphatic hydroxyl groups is 1. The number of hydrogen-bond donors (Lipinski definition) is 2. The van der Waals surface area contributed by atoms with Gasteiger partial charge in [0.15, 0.2) is 0 Å². The molecule has 1 aromatic heterocycles. The van der Waals surface area contributed by atoms with Gasteiger partial charge in [0, 0.05) is 30.0 Å². The smallest absolute Gasteiger partial charge is 0.336 e. The zero-order valence-corrected chi connectivity index (χ0v) is 14.0. The van der Waals surface area contributed by atoms with Crippen LogP contribution in [-0.4, -0.2) is 24.3 Å². The van der Waals surface area contributed by atoms with Gasteiger partial charge in [-0.15, -0.1) is 0 Å². The van der Waals surface area contributed by atoms with Gasteiger partial charge >= 0.3 is 5.63 Å². The zero-order valence-electron chi connectivity index (χ0n) is 14.0. The number of hydrogen-bond acceptors (Lipinski definition) is 3. The number of fused-ring (bicyclic) bond motifs is 1. The topological polar surface area (TPSA) is 54.9 Å². The van der Waals surface area contributed by atoms with Gasteiger partial charge in [-0.3, -0.25) is 0 Å². The van der Waals surface area contributed by atoms with Gasteiger partial charge in [-0.2, -0.15) is 0 Å². The summed E-state index contributed by atoms with van der Waals surface area (Å²) in [6.45, 7) is 6.24. The molecule has 2 N–H and O–H groups in total. The molecular formula is C19H26NO3+. The first kappa shape index (κ1) is 16.2. The van der Waals surface area contributed by atoms with E-state index in [1.807, 2.05) is 6.92 Å². The molecule has 1 unspecified atom stereocenters. The van der Waals surface area contributed by atoms with Gasteiger partial charge in [0.1, 0.15) is 12.1 Å². The van der Waals surface area contributed by atoms with Gasteiger partial charge in [-0.1, -0.05) is 6.07 Å². The lowest BCUT2D eigenvalue weighted by Gasteiger charge is -2.32. The Kier molecular flexibility index (Phi) is 4.83. The molecule has 1 aliphatic rings. The van der Waals surface area contributed by atoms with Crippen molar-refractivity contribution in [2.75, 3.05) is 13.2 Å². The average molecular weight is 316 g/mol. The van der Waals surface area contributed by atoms with Gasteiger partial charge < -0.3 is 14.4 Å². The van der Waals surface area contributed by atoms with E-state index in [1.165, 1.54) is 23.3 Å². The van der Waals surface area contributed by atoms with Crippen molar-refractivity contribution in [3.63, 3.8) is 0 Å². The minimum atomic E-state index is -0.269. The lowest BCUT2D eigenvalue weighted by Crippen LogP contribution is -3.15. The van der Waals surface area contributed by atoms with E-state index in [1.54, 1.807) is 6.07 Å². The molecule has 2 atom stereocenters. The van der Waals surface area contributed by atoms with Crippen molar-refractivity contribution in [1.82, 2.24) is 0 Å². The molecule has 1 aromatic carbocycles. The summed E-state index contributed by atoms with van der Waals surface area (Å²) in [6.07, 6.45) is 4.46. The quantitative estimate of drug-likeness (QED) is 0.845. The Bertz CT molecular complexity index is 748. The second-order valence-corrected chi connectivity index (χ2v) is 6.84. The van der Waals surface area contributed by atoms with Crippen LogP contribution < -0.4 is 10.5 Å². The molecule has 3 rings (SSSR count). The summed E-state index contributed by atoms with van der Waals surface area (Å²) in [6, 6.07) is 6.31. The third-order valence-electron chi connectivity index (χ3n) is 5.03. The van der Waals surface area contributed by atoms with Crippen molar-refractivity contribution >= 4 is 11.0 Å². The molecule has 1 saturated heterocycles. The van der Waals surface area contributed by atoms with Crippen LogP contribution in [0.4, 0.5) is 0 Å². The lowest BCUT2D eigenvalue weighted by atomic mass is 9.97. The van der Waals surface area contributed by atoms with Crippen molar-refractivity contribution < 1.29 is 14.4 Å². The third kappa shape index (κ3) is 3.48. The van der Waals surface area contributed by atoms with Crippen LogP contribution in [0.5, 0.6) is 0 Å². The summed E-state index contributed by atoms with van der Waals surface area (Å²) in [5.41, 5.74) is 3.72. The number of benzene rings is 1. The molecule has 2 aromatic rings. The van der Waals surface area contributed by atoms with Crippen molar-refractivity contribution in [2.24, 2.45) is 0 Å². The van der Waals surface area contributed by atoms with E-state index in [0.29, 0.717) is 11.6 Å². The molecule has 0 spiro atoms. The van der Waals surface area contributed by atoms with E-state index in [-0.39, 0.29) is 12.2 Å². The fraction of sp³-hybridized carbons (Fsp3) is 0.526. The molecule has 4 nitrogen and oxygen atoms in total. The van der Waals surface area contributed by atoms with Crippen molar-refractivity contribution in [3.8, 4) is 0 Å². The maximum atomic E-state index is 12.0. The van der Waals surface area contributed by atoms with E-state index in [9.17, 15) is 9.90 Å². The maximum absolute atomic E-state index is 12.0. The molecular weight excluding hydrogens is 290 g/mol. The summed E-state index contributed by atoms with van der Waals surface area (Å²) in [4.78, 5) is 13.5. The number of aryl methyl sites for hydroxylation is 2. The molecule has 1 fully saturated rings. The predicted molar refractivity (Wildman–Crippen MR) is 90.8 cm³/mol. The Morgan fingerprint density at radius 3 is 2.87 bits per heavy atom. The van der Waals surface area contributed by atoms with Crippen LogP contribution in [-0.2, 0) is 6.54 Å². The minimum absolute atomic E-state index is 0.240. The lowest BCUT2D eigenvalue weighted by molar-refractivity contribution is -0.944. The van der Waals surface area contributed by atoms with Gasteiger partial charge in [0.2, 0.25) is 0 Å². The predicted octanol–water partition coefficient (Wildman–Crippen LogP) is 1.73. The molecule has 4 heteroatoms. The largest absolute Gasteiger partial charge is 0.422 e. The number of piperidine rings is 1. The standard InChI is InChI=1S/C19H25NO3/c1-13-9-14(2)19-17(10-13)15(11-18(22)23-19)12-20-7-4-3-5-16(20)6-8-21/h9-11,16,21H,3-8,12H2,1-2H3/p+1/t16-/m1/s1. The van der Waals surface area contributed by atoms with Gasteiger partial charge in [0.25, 0.3) is 0 Å². The van der Waals surface area contributed by atoms with Crippen molar-refractivity contribution in [1.29, 1.82) is 0 Å². The average Bonchev–Trinajstić information content (AvgIpc) is 2.51. The Hall–Kier alpha value is -1.65. The van der Waals surface area contributed by atoms with E-state index in [0.717, 1.165) is 42.4 Å². The SMILES string of the molecule is Cc1cc(C)c2oc(=O)cc(C[NH+]3CCCC[C@@H]3CCO)c2c1. The van der Waals surface area contributed by atoms with E-state index >= 15 is 0 Å². The van der Waals surface area contributed by atoms with Gasteiger partial charge in [-0.25, -0.2) is 4.79 Å². The fourth-order valence-electron chi connectivity index (χ4n) is 3.96. The highest BCUT2D eigenvalue weighted by molar-refractivity contribution is 5.83. The van der Waals surface area contributed by atoms with Crippen LogP contribution in [0, 0.1) is 13.8 Å². The number of aliphatic hydroxyl groups excluding tert-OH is 1. The Labute approximate surface area is 136 Å². The van der Waals surface area contributed by atoms with Crippen LogP contribution in [0.3, 0.4) is 0 Å². The Morgan fingerprint density at radius 2 is 2.09 bits per heavy atom. The molecule has 124 valence electrons. The van der Waals surface area contributed by atoms with Crippen LogP contribution in [0.1, 0.15) is 42.4 Å². The third-order valence-corrected chi connectivity index (χ3v) is 5.03. The first-order chi connectivity index (χ1) is 11.1. The molecule has 2 heterocycles. The summed E-state index contributed by atoms with van der Waals surface area (Å²) in [5.74, 6) is 0. The number of quaternary nitrogens is 1. The van der Waals surface area contributed by atoms with E-state index < -0.39 is 0 Å². The number of rotatable bonds is 4. The van der Waals surface area contributed by atoms with E-state index in [2.05, 4.69) is 19.1 Å². The number of likely N-dealkylation sites (tertiary alicyclic amines) is 1. The van der Waals surface area contributed by atoms with E-state index in [4.69, 9.17) is 4.42 Å². The molecule has 0 radical (unpaired) electrons. The first-order valence-electron chi connectivity index (χ1n) is 8.58. The second-order valence-electron chi connectivity index (χ2n) is 6.84. The maximum Gasteiger partial charge on any atom is 0.336 e. The normalized spacial score (nSPS) is 21.7. The van der Waals surface area contributed by atoms with Crippen molar-refractivity contribution in [3.05, 3.63) is 45.3 Å². The van der Waals surface area contributed by atoms with Gasteiger partial charge in [0.05, 0.1) is 12.6 Å². The first-order valence-corrected chi connectivity index (χ1v) is 8.58. The summed E-state index contributed by atoms with van der Waals surface area (Å²) < 4.78 is 5.45. The fourth-order valence-corrected chi connectivity index (χ4v) is 3.96. The van der Waals surface area contributed by atoms with Gasteiger partial charge in [-0.05, 0) is 50.3 Å². The molecule has 23 heavy (non-hydrogen) atoms. The second kappa shape index (κ2) is 6.85. The molecule has 0 saturated carbocycles. The zero-order chi connectivity index (χ0) is 16.4. The van der Waals surface area contributed by atoms with Crippen LogP contribution in [0.2, 0.25) is 0 Å². The van der Waals surface area contributed by atoms with Crippen molar-refractivity contribution in [2.45, 2.75) is 52.1 Å². The van der Waals surface area contributed by atoms with Crippen LogP contribution in [0.25, 0.3) is 11.0 Å². The van der Waals surface area contributed by atoms with Crippen LogP contribution >= 0.6 is 0 Å². The highest BCUT2D eigenvalue weighted by Gasteiger charge is 2.26. The highest BCUT2D eigenvalue weighted by atomic mass is 16.4. The Morgan fingerprint density at radius 1 is 1.26 bits per heavy atom. The minimum Gasteiger partial charge on any atom is -0.422 e. The molecule has 0 amide bonds.